The third kappa shape index (κ3) is 4.65. The highest BCUT2D eigenvalue weighted by atomic mass is 19.1. The fraction of sp³-hybridized carbons (Fsp3) is 0.0625. The van der Waals surface area contributed by atoms with E-state index in [2.05, 4.69) is 10.6 Å². The summed E-state index contributed by atoms with van der Waals surface area (Å²) in [5.41, 5.74) is 1.28. The highest BCUT2D eigenvalue weighted by Crippen LogP contribution is 2.13. The standard InChI is InChI=1S/C16H15FN2O2/c1-21-15-7-2-4-12(10-15)8-9-18-16(20)19-14-6-3-5-13(17)11-14/h2-11H,1H3,(H2,18,19,20)/b9-8+. The van der Waals surface area contributed by atoms with Crippen molar-refractivity contribution in [3.8, 4) is 5.75 Å². The van der Waals surface area contributed by atoms with Gasteiger partial charge >= 0.3 is 6.03 Å². The van der Waals surface area contributed by atoms with Gasteiger partial charge in [-0.05, 0) is 42.0 Å². The molecule has 0 fully saturated rings. The largest absolute Gasteiger partial charge is 0.497 e. The number of carbonyl (C=O) groups excluding carboxylic acids is 1. The summed E-state index contributed by atoms with van der Waals surface area (Å²) in [5.74, 6) is 0.334. The minimum atomic E-state index is -0.445. The maximum atomic E-state index is 13.0. The van der Waals surface area contributed by atoms with E-state index in [1.165, 1.54) is 24.4 Å². The number of benzene rings is 2. The summed E-state index contributed by atoms with van der Waals surface area (Å²) in [7, 11) is 1.59. The number of ether oxygens (including phenoxy) is 1. The van der Waals surface area contributed by atoms with Crippen molar-refractivity contribution in [2.24, 2.45) is 0 Å². The van der Waals surface area contributed by atoms with Crippen LogP contribution in [0, 0.1) is 5.82 Å². The van der Waals surface area contributed by atoms with Gasteiger partial charge in [0.1, 0.15) is 11.6 Å². The van der Waals surface area contributed by atoms with E-state index >= 15 is 0 Å². The number of rotatable bonds is 4. The average Bonchev–Trinajstić information content (AvgIpc) is 2.47. The lowest BCUT2D eigenvalue weighted by atomic mass is 10.2. The second kappa shape index (κ2) is 7.09. The third-order valence-electron chi connectivity index (χ3n) is 2.67. The van der Waals surface area contributed by atoms with E-state index in [9.17, 15) is 9.18 Å². The van der Waals surface area contributed by atoms with E-state index in [0.29, 0.717) is 5.69 Å². The van der Waals surface area contributed by atoms with Gasteiger partial charge in [-0.1, -0.05) is 18.2 Å². The van der Waals surface area contributed by atoms with Crippen LogP contribution in [0.1, 0.15) is 5.56 Å². The Hall–Kier alpha value is -2.82. The highest BCUT2D eigenvalue weighted by molar-refractivity contribution is 5.90. The summed E-state index contributed by atoms with van der Waals surface area (Å²) in [4.78, 5) is 11.6. The van der Waals surface area contributed by atoms with Gasteiger partial charge in [0.15, 0.2) is 0 Å². The Morgan fingerprint density at radius 2 is 2.00 bits per heavy atom. The van der Waals surface area contributed by atoms with Gasteiger partial charge < -0.3 is 15.4 Å². The lowest BCUT2D eigenvalue weighted by Crippen LogP contribution is -2.23. The molecule has 2 aromatic carbocycles. The molecule has 0 aromatic heterocycles. The van der Waals surface area contributed by atoms with Crippen molar-refractivity contribution in [1.29, 1.82) is 0 Å². The zero-order valence-electron chi connectivity index (χ0n) is 11.5. The Morgan fingerprint density at radius 1 is 1.19 bits per heavy atom. The van der Waals surface area contributed by atoms with Crippen molar-refractivity contribution < 1.29 is 13.9 Å². The molecule has 0 radical (unpaired) electrons. The van der Waals surface area contributed by atoms with Crippen LogP contribution >= 0.6 is 0 Å². The number of urea groups is 1. The molecule has 0 spiro atoms. The summed E-state index contributed by atoms with van der Waals surface area (Å²) in [6, 6.07) is 12.6. The molecular formula is C16H15FN2O2. The van der Waals surface area contributed by atoms with E-state index < -0.39 is 11.8 Å². The SMILES string of the molecule is COc1cccc(/C=C/NC(=O)Nc2cccc(F)c2)c1. The van der Waals surface area contributed by atoms with E-state index in [0.717, 1.165) is 11.3 Å². The molecule has 108 valence electrons. The van der Waals surface area contributed by atoms with Crippen LogP contribution in [0.2, 0.25) is 0 Å². The third-order valence-corrected chi connectivity index (χ3v) is 2.67. The average molecular weight is 286 g/mol. The molecule has 0 atom stereocenters. The summed E-state index contributed by atoms with van der Waals surface area (Å²) < 4.78 is 18.1. The molecule has 21 heavy (non-hydrogen) atoms. The van der Waals surface area contributed by atoms with E-state index in [4.69, 9.17) is 4.74 Å². The first-order chi connectivity index (χ1) is 10.2. The second-order valence-corrected chi connectivity index (χ2v) is 4.22. The summed E-state index contributed by atoms with van der Waals surface area (Å²) >= 11 is 0. The van der Waals surface area contributed by atoms with Gasteiger partial charge in [0.05, 0.1) is 7.11 Å². The van der Waals surface area contributed by atoms with Crippen LogP contribution in [0.4, 0.5) is 14.9 Å². The van der Waals surface area contributed by atoms with Crippen molar-refractivity contribution in [2.45, 2.75) is 0 Å². The minimum absolute atomic E-state index is 0.391. The lowest BCUT2D eigenvalue weighted by Gasteiger charge is -2.04. The van der Waals surface area contributed by atoms with Gasteiger partial charge in [0.25, 0.3) is 0 Å². The smallest absolute Gasteiger partial charge is 0.323 e. The molecule has 0 aliphatic heterocycles. The molecule has 2 N–H and O–H groups in total. The topological polar surface area (TPSA) is 50.4 Å². The Kier molecular flexibility index (Phi) is 4.93. The Morgan fingerprint density at radius 3 is 2.76 bits per heavy atom. The molecule has 0 aliphatic rings. The van der Waals surface area contributed by atoms with Crippen molar-refractivity contribution in [2.75, 3.05) is 12.4 Å². The van der Waals surface area contributed by atoms with Crippen LogP contribution < -0.4 is 15.4 Å². The first-order valence-corrected chi connectivity index (χ1v) is 6.31. The van der Waals surface area contributed by atoms with Crippen LogP contribution in [0.5, 0.6) is 5.75 Å². The van der Waals surface area contributed by atoms with Crippen molar-refractivity contribution in [1.82, 2.24) is 5.32 Å². The quantitative estimate of drug-likeness (QED) is 0.901. The van der Waals surface area contributed by atoms with Crippen LogP contribution in [0.15, 0.2) is 54.7 Å². The molecular weight excluding hydrogens is 271 g/mol. The van der Waals surface area contributed by atoms with Gasteiger partial charge in [0.2, 0.25) is 0 Å². The van der Waals surface area contributed by atoms with Gasteiger partial charge in [0, 0.05) is 11.9 Å². The molecule has 0 saturated heterocycles. The van der Waals surface area contributed by atoms with Crippen molar-refractivity contribution in [3.63, 3.8) is 0 Å². The molecule has 2 amide bonds. The molecule has 0 heterocycles. The molecule has 2 rings (SSSR count). The first-order valence-electron chi connectivity index (χ1n) is 6.31. The number of carbonyl (C=O) groups is 1. The number of halogens is 1. The molecule has 4 nitrogen and oxygen atoms in total. The van der Waals surface area contributed by atoms with Gasteiger partial charge in [-0.3, -0.25) is 0 Å². The summed E-state index contributed by atoms with van der Waals surface area (Å²) in [6.07, 6.45) is 3.23. The Balaban J connectivity index is 1.90. The number of nitrogens with one attached hydrogen (secondary N) is 2. The lowest BCUT2D eigenvalue weighted by molar-refractivity contribution is 0.255. The number of anilines is 1. The normalized spacial score (nSPS) is 10.4. The zero-order chi connectivity index (χ0) is 15.1. The highest BCUT2D eigenvalue weighted by Gasteiger charge is 2.00. The molecule has 0 aliphatic carbocycles. The van der Waals surface area contributed by atoms with Crippen LogP contribution in [0.25, 0.3) is 6.08 Å². The number of amides is 2. The van der Waals surface area contributed by atoms with E-state index in [1.807, 2.05) is 24.3 Å². The summed E-state index contributed by atoms with van der Waals surface area (Å²) in [5, 5.41) is 5.07. The fourth-order valence-corrected chi connectivity index (χ4v) is 1.69. The minimum Gasteiger partial charge on any atom is -0.497 e. The second-order valence-electron chi connectivity index (χ2n) is 4.22. The molecule has 0 bridgehead atoms. The predicted octanol–water partition coefficient (Wildman–Crippen LogP) is 3.63. The first kappa shape index (κ1) is 14.6. The Bertz CT molecular complexity index is 656. The number of hydrogen-bond donors (Lipinski definition) is 2. The van der Waals surface area contributed by atoms with Crippen molar-refractivity contribution >= 4 is 17.8 Å². The van der Waals surface area contributed by atoms with Gasteiger partial charge in [-0.15, -0.1) is 0 Å². The zero-order valence-corrected chi connectivity index (χ0v) is 11.5. The van der Waals surface area contributed by atoms with Gasteiger partial charge in [-0.2, -0.15) is 0 Å². The molecule has 5 heteroatoms. The maximum absolute atomic E-state index is 13.0. The van der Waals surface area contributed by atoms with Crippen molar-refractivity contribution in [3.05, 3.63) is 66.1 Å². The molecule has 2 aromatic rings. The Labute approximate surface area is 122 Å². The van der Waals surface area contributed by atoms with Crippen LogP contribution in [-0.4, -0.2) is 13.1 Å². The van der Waals surface area contributed by atoms with Gasteiger partial charge in [-0.25, -0.2) is 9.18 Å². The van der Waals surface area contributed by atoms with Crippen LogP contribution in [0.3, 0.4) is 0 Å². The monoisotopic (exact) mass is 286 g/mol. The number of methoxy groups -OCH3 is 1. The molecule has 0 saturated carbocycles. The van der Waals surface area contributed by atoms with E-state index in [1.54, 1.807) is 19.3 Å². The summed E-state index contributed by atoms with van der Waals surface area (Å²) in [6.45, 7) is 0. The number of hydrogen-bond acceptors (Lipinski definition) is 2. The van der Waals surface area contributed by atoms with Crippen LogP contribution in [-0.2, 0) is 0 Å². The predicted molar refractivity (Wildman–Crippen MR) is 80.6 cm³/mol. The molecule has 0 unspecified atom stereocenters. The maximum Gasteiger partial charge on any atom is 0.323 e. The fourth-order valence-electron chi connectivity index (χ4n) is 1.69. The van der Waals surface area contributed by atoms with E-state index in [-0.39, 0.29) is 0 Å².